The van der Waals surface area contributed by atoms with Gasteiger partial charge in [0, 0.05) is 39.4 Å². The van der Waals surface area contributed by atoms with Crippen LogP contribution in [0.15, 0.2) is 41.1 Å². The number of hydrogen-bond acceptors (Lipinski definition) is 3. The van der Waals surface area contributed by atoms with E-state index in [1.807, 2.05) is 24.3 Å². The average molecular weight is 415 g/mol. The van der Waals surface area contributed by atoms with E-state index >= 15 is 0 Å². The molecule has 0 saturated carbocycles. The summed E-state index contributed by atoms with van der Waals surface area (Å²) in [6.45, 7) is 3.27. The van der Waals surface area contributed by atoms with Crippen molar-refractivity contribution in [1.82, 2.24) is 4.98 Å². The van der Waals surface area contributed by atoms with Gasteiger partial charge in [-0.3, -0.25) is 4.98 Å². The number of ether oxygens (including phenoxy) is 2. The predicted molar refractivity (Wildman–Crippen MR) is 91.1 cm³/mol. The van der Waals surface area contributed by atoms with Crippen LogP contribution in [-0.2, 0) is 11.9 Å². The molecule has 0 aliphatic carbocycles. The van der Waals surface area contributed by atoms with E-state index in [0.29, 0.717) is 13.2 Å². The topological polar surface area (TPSA) is 31.4 Å². The van der Waals surface area contributed by atoms with E-state index in [1.165, 1.54) is 0 Å². The highest BCUT2D eigenvalue weighted by Gasteiger charge is 2.06. The van der Waals surface area contributed by atoms with Gasteiger partial charge in [-0.2, -0.15) is 0 Å². The minimum Gasteiger partial charge on any atom is -0.493 e. The molecule has 1 aromatic heterocycles. The highest BCUT2D eigenvalue weighted by molar-refractivity contribution is 9.10. The number of hydrogen-bond donors (Lipinski definition) is 0. The molecule has 0 saturated heterocycles. The second kappa shape index (κ2) is 8.39. The number of alkyl halides is 1. The zero-order chi connectivity index (χ0) is 15.1. The standard InChI is InChI=1S/C16H17Br2NO2/c1-2-5-20-15-4-3-13(8-17)16(7-15)21-11-12-6-14(18)10-19-9-12/h3-4,6-7,9-10H,2,5,8,11H2,1H3. The molecule has 0 unspecified atom stereocenters. The van der Waals surface area contributed by atoms with Crippen LogP contribution in [0.4, 0.5) is 0 Å². The van der Waals surface area contributed by atoms with Crippen molar-refractivity contribution >= 4 is 31.9 Å². The van der Waals surface area contributed by atoms with Crippen molar-refractivity contribution in [3.63, 3.8) is 0 Å². The summed E-state index contributed by atoms with van der Waals surface area (Å²) in [7, 11) is 0. The van der Waals surface area contributed by atoms with Gasteiger partial charge in [0.1, 0.15) is 18.1 Å². The summed E-state index contributed by atoms with van der Waals surface area (Å²) in [4.78, 5) is 4.14. The lowest BCUT2D eigenvalue weighted by Gasteiger charge is -2.12. The molecule has 3 nitrogen and oxygen atoms in total. The van der Waals surface area contributed by atoms with Gasteiger partial charge >= 0.3 is 0 Å². The Hall–Kier alpha value is -1.07. The Morgan fingerprint density at radius 2 is 2.00 bits per heavy atom. The molecule has 2 rings (SSSR count). The number of halogens is 2. The lowest BCUT2D eigenvalue weighted by Crippen LogP contribution is -2.00. The summed E-state index contributed by atoms with van der Waals surface area (Å²) in [6, 6.07) is 7.93. The summed E-state index contributed by atoms with van der Waals surface area (Å²) >= 11 is 6.89. The first-order chi connectivity index (χ1) is 10.2. The minimum absolute atomic E-state index is 0.476. The molecule has 21 heavy (non-hydrogen) atoms. The highest BCUT2D eigenvalue weighted by atomic mass is 79.9. The molecular weight excluding hydrogens is 398 g/mol. The van der Waals surface area contributed by atoms with Crippen molar-refractivity contribution in [2.45, 2.75) is 25.3 Å². The van der Waals surface area contributed by atoms with Crippen LogP contribution in [-0.4, -0.2) is 11.6 Å². The average Bonchev–Trinajstić information content (AvgIpc) is 2.51. The zero-order valence-corrected chi connectivity index (χ0v) is 15.0. The fraction of sp³-hybridized carbons (Fsp3) is 0.312. The molecule has 112 valence electrons. The smallest absolute Gasteiger partial charge is 0.127 e. The van der Waals surface area contributed by atoms with E-state index in [1.54, 1.807) is 12.4 Å². The molecule has 0 bridgehead atoms. The SMILES string of the molecule is CCCOc1ccc(CBr)c(OCc2cncc(Br)c2)c1. The Morgan fingerprint density at radius 1 is 1.14 bits per heavy atom. The van der Waals surface area contributed by atoms with Crippen molar-refractivity contribution in [3.05, 3.63) is 52.3 Å². The second-order valence-corrected chi connectivity index (χ2v) is 6.03. The lowest BCUT2D eigenvalue weighted by molar-refractivity contribution is 0.292. The second-order valence-electron chi connectivity index (χ2n) is 4.55. The van der Waals surface area contributed by atoms with Gasteiger partial charge in [0.05, 0.1) is 6.61 Å². The van der Waals surface area contributed by atoms with Crippen LogP contribution in [0.25, 0.3) is 0 Å². The Labute approximate surface area is 141 Å². The third kappa shape index (κ3) is 5.00. The van der Waals surface area contributed by atoms with Gasteiger partial charge in [-0.25, -0.2) is 0 Å². The maximum atomic E-state index is 5.92. The summed E-state index contributed by atoms with van der Waals surface area (Å²) in [5.41, 5.74) is 2.12. The third-order valence-corrected chi connectivity index (χ3v) is 3.85. The van der Waals surface area contributed by atoms with Gasteiger partial charge in [-0.1, -0.05) is 28.9 Å². The summed E-state index contributed by atoms with van der Waals surface area (Å²) < 4.78 is 12.5. The fourth-order valence-electron chi connectivity index (χ4n) is 1.79. The van der Waals surface area contributed by atoms with E-state index in [2.05, 4.69) is 43.8 Å². The fourth-order valence-corrected chi connectivity index (χ4v) is 2.66. The van der Waals surface area contributed by atoms with Crippen molar-refractivity contribution in [3.8, 4) is 11.5 Å². The molecule has 0 atom stereocenters. The first-order valence-corrected chi connectivity index (χ1v) is 8.68. The van der Waals surface area contributed by atoms with Crippen LogP contribution in [0.2, 0.25) is 0 Å². The summed E-state index contributed by atoms with van der Waals surface area (Å²) in [6.07, 6.45) is 4.54. The minimum atomic E-state index is 0.476. The molecule has 0 aliphatic rings. The molecule has 0 fully saturated rings. The Bertz CT molecular complexity index is 590. The van der Waals surface area contributed by atoms with Crippen LogP contribution in [0, 0.1) is 0 Å². The Balaban J connectivity index is 2.09. The van der Waals surface area contributed by atoms with Crippen molar-refractivity contribution in [1.29, 1.82) is 0 Å². The third-order valence-electron chi connectivity index (χ3n) is 2.81. The van der Waals surface area contributed by atoms with E-state index < -0.39 is 0 Å². The Morgan fingerprint density at radius 3 is 2.71 bits per heavy atom. The number of aromatic nitrogens is 1. The monoisotopic (exact) mass is 413 g/mol. The molecule has 0 N–H and O–H groups in total. The molecular formula is C16H17Br2NO2. The highest BCUT2D eigenvalue weighted by Crippen LogP contribution is 2.27. The maximum Gasteiger partial charge on any atom is 0.127 e. The van der Waals surface area contributed by atoms with Crippen LogP contribution >= 0.6 is 31.9 Å². The summed E-state index contributed by atoms with van der Waals surface area (Å²) in [5.74, 6) is 1.67. The normalized spacial score (nSPS) is 10.4. The molecule has 0 spiro atoms. The maximum absolute atomic E-state index is 5.92. The molecule has 5 heteroatoms. The number of rotatable bonds is 7. The van der Waals surface area contributed by atoms with Gasteiger partial charge < -0.3 is 9.47 Å². The van der Waals surface area contributed by atoms with Crippen molar-refractivity contribution < 1.29 is 9.47 Å². The number of pyridine rings is 1. The van der Waals surface area contributed by atoms with Gasteiger partial charge in [-0.15, -0.1) is 0 Å². The van der Waals surface area contributed by atoms with Gasteiger partial charge in [-0.05, 0) is 34.5 Å². The molecule has 1 aromatic carbocycles. The molecule has 0 amide bonds. The predicted octanol–water partition coefficient (Wildman–Crippen LogP) is 5.11. The first-order valence-electron chi connectivity index (χ1n) is 6.77. The van der Waals surface area contributed by atoms with Crippen LogP contribution in [0.1, 0.15) is 24.5 Å². The number of benzene rings is 1. The van der Waals surface area contributed by atoms with E-state index in [-0.39, 0.29) is 0 Å². The quantitative estimate of drug-likeness (QED) is 0.590. The Kier molecular flexibility index (Phi) is 6.51. The lowest BCUT2D eigenvalue weighted by atomic mass is 10.2. The van der Waals surface area contributed by atoms with E-state index in [9.17, 15) is 0 Å². The molecule has 0 aliphatic heterocycles. The van der Waals surface area contributed by atoms with Crippen LogP contribution in [0.3, 0.4) is 0 Å². The van der Waals surface area contributed by atoms with Crippen molar-refractivity contribution in [2.24, 2.45) is 0 Å². The summed E-state index contributed by atoms with van der Waals surface area (Å²) in [5, 5.41) is 0.743. The van der Waals surface area contributed by atoms with Crippen LogP contribution < -0.4 is 9.47 Å². The largest absolute Gasteiger partial charge is 0.493 e. The van der Waals surface area contributed by atoms with Crippen molar-refractivity contribution in [2.75, 3.05) is 6.61 Å². The van der Waals surface area contributed by atoms with Gasteiger partial charge in [0.25, 0.3) is 0 Å². The van der Waals surface area contributed by atoms with Crippen LogP contribution in [0.5, 0.6) is 11.5 Å². The molecule has 2 aromatic rings. The van der Waals surface area contributed by atoms with E-state index in [0.717, 1.165) is 38.8 Å². The first kappa shape index (κ1) is 16.3. The van der Waals surface area contributed by atoms with E-state index in [4.69, 9.17) is 9.47 Å². The van der Waals surface area contributed by atoms with Gasteiger partial charge in [0.15, 0.2) is 0 Å². The van der Waals surface area contributed by atoms with Gasteiger partial charge in [0.2, 0.25) is 0 Å². The zero-order valence-electron chi connectivity index (χ0n) is 11.8. The molecule has 1 heterocycles. The number of nitrogens with zero attached hydrogens (tertiary/aromatic N) is 1. The molecule has 0 radical (unpaired) electrons.